The molecule has 2 aromatic rings. The van der Waals surface area contributed by atoms with Crippen LogP contribution in [0, 0.1) is 18.3 Å². The minimum atomic E-state index is 0.637. The maximum atomic E-state index is 8.85. The lowest BCUT2D eigenvalue weighted by molar-refractivity contribution is 1.10. The zero-order chi connectivity index (χ0) is 11.5. The van der Waals surface area contributed by atoms with Crippen LogP contribution in [0.25, 0.3) is 0 Å². The highest BCUT2D eigenvalue weighted by Crippen LogP contribution is 2.31. The second-order valence-corrected chi connectivity index (χ2v) is 5.99. The van der Waals surface area contributed by atoms with Crippen molar-refractivity contribution in [1.29, 1.82) is 5.26 Å². The molecule has 0 aliphatic heterocycles. The average Bonchev–Trinajstić information content (AvgIpc) is 2.63. The van der Waals surface area contributed by atoms with Crippen LogP contribution >= 0.6 is 39.2 Å². The Kier molecular flexibility index (Phi) is 3.59. The number of nitriles is 1. The van der Waals surface area contributed by atoms with Gasteiger partial charge in [0.25, 0.3) is 0 Å². The van der Waals surface area contributed by atoms with E-state index in [1.165, 1.54) is 23.3 Å². The summed E-state index contributed by atoms with van der Waals surface area (Å²) >= 11 is 6.26. The molecule has 0 aliphatic carbocycles. The first-order valence-corrected chi connectivity index (χ1v) is 6.74. The third-order valence-electron chi connectivity index (χ3n) is 1.71. The predicted octanol–water partition coefficient (Wildman–Crippen LogP) is 3.63. The summed E-state index contributed by atoms with van der Waals surface area (Å²) in [7, 11) is 0. The Balaban J connectivity index is 2.28. The van der Waals surface area contributed by atoms with Crippen LogP contribution < -0.4 is 0 Å². The summed E-state index contributed by atoms with van der Waals surface area (Å²) in [5.41, 5.74) is 0.637. The van der Waals surface area contributed by atoms with Crippen LogP contribution in [-0.4, -0.2) is 9.36 Å². The first-order valence-electron chi connectivity index (χ1n) is 4.36. The van der Waals surface area contributed by atoms with Crippen molar-refractivity contribution in [3.63, 3.8) is 0 Å². The maximum Gasteiger partial charge on any atom is 0.174 e. The molecular weight excluding hydrogens is 306 g/mol. The summed E-state index contributed by atoms with van der Waals surface area (Å²) in [4.78, 5) is 5.25. The van der Waals surface area contributed by atoms with E-state index >= 15 is 0 Å². The van der Waals surface area contributed by atoms with Crippen molar-refractivity contribution in [2.24, 2.45) is 0 Å². The largest absolute Gasteiger partial charge is 0.213 e. The number of nitrogens with zero attached hydrogens (tertiary/aromatic N) is 3. The molecule has 0 saturated carbocycles. The van der Waals surface area contributed by atoms with Gasteiger partial charge in [-0.2, -0.15) is 9.64 Å². The molecule has 3 nitrogen and oxygen atoms in total. The molecule has 1 heterocycles. The number of rotatable bonds is 2. The number of halogens is 1. The lowest BCUT2D eigenvalue weighted by Crippen LogP contribution is -1.78. The molecular formula is C10H6BrN3S2. The van der Waals surface area contributed by atoms with E-state index < -0.39 is 0 Å². The van der Waals surface area contributed by atoms with E-state index in [9.17, 15) is 0 Å². The van der Waals surface area contributed by atoms with E-state index in [-0.39, 0.29) is 0 Å². The fourth-order valence-corrected chi connectivity index (χ4v) is 3.48. The smallest absolute Gasteiger partial charge is 0.174 e. The molecule has 0 spiro atoms. The lowest BCUT2D eigenvalue weighted by atomic mass is 10.2. The molecule has 80 valence electrons. The van der Waals surface area contributed by atoms with Crippen LogP contribution in [0.2, 0.25) is 0 Å². The predicted molar refractivity (Wildman–Crippen MR) is 67.6 cm³/mol. The first-order chi connectivity index (χ1) is 7.67. The highest BCUT2D eigenvalue weighted by Gasteiger charge is 2.05. The number of benzene rings is 1. The van der Waals surface area contributed by atoms with E-state index in [4.69, 9.17) is 5.26 Å². The maximum absolute atomic E-state index is 8.85. The van der Waals surface area contributed by atoms with Crippen LogP contribution in [0.4, 0.5) is 0 Å². The van der Waals surface area contributed by atoms with Crippen LogP contribution in [0.3, 0.4) is 0 Å². The summed E-state index contributed by atoms with van der Waals surface area (Å²) in [6, 6.07) is 7.71. The summed E-state index contributed by atoms with van der Waals surface area (Å²) in [6.07, 6.45) is 0. The highest BCUT2D eigenvalue weighted by molar-refractivity contribution is 9.10. The highest BCUT2D eigenvalue weighted by atomic mass is 79.9. The van der Waals surface area contributed by atoms with Crippen molar-refractivity contribution in [3.8, 4) is 6.07 Å². The number of aromatic nitrogens is 2. The Morgan fingerprint density at radius 2 is 2.25 bits per heavy atom. The zero-order valence-electron chi connectivity index (χ0n) is 8.27. The van der Waals surface area contributed by atoms with Gasteiger partial charge in [0.15, 0.2) is 4.34 Å². The standard InChI is InChI=1S/C10H6BrN3S2/c1-6-13-10(16-14-6)15-9-3-7(5-12)2-8(11)4-9/h2-4H,1H3. The monoisotopic (exact) mass is 311 g/mol. The summed E-state index contributed by atoms with van der Waals surface area (Å²) < 4.78 is 5.90. The van der Waals surface area contributed by atoms with Crippen molar-refractivity contribution >= 4 is 39.2 Å². The van der Waals surface area contributed by atoms with Gasteiger partial charge in [-0.1, -0.05) is 27.7 Å². The molecule has 1 aromatic heterocycles. The van der Waals surface area contributed by atoms with Gasteiger partial charge in [-0.3, -0.25) is 0 Å². The van der Waals surface area contributed by atoms with E-state index in [2.05, 4.69) is 31.4 Å². The van der Waals surface area contributed by atoms with Crippen molar-refractivity contribution < 1.29 is 0 Å². The molecule has 0 saturated heterocycles. The van der Waals surface area contributed by atoms with Gasteiger partial charge in [-0.15, -0.1) is 0 Å². The van der Waals surface area contributed by atoms with Gasteiger partial charge in [0, 0.05) is 9.37 Å². The number of aryl methyl sites for hydroxylation is 1. The summed E-state index contributed by atoms with van der Waals surface area (Å²) in [5.74, 6) is 0.781. The summed E-state index contributed by atoms with van der Waals surface area (Å²) in [6.45, 7) is 1.86. The van der Waals surface area contributed by atoms with Gasteiger partial charge in [0.1, 0.15) is 5.82 Å². The third kappa shape index (κ3) is 2.82. The first kappa shape index (κ1) is 11.6. The molecule has 1 aromatic carbocycles. The molecule has 0 aliphatic rings. The quantitative estimate of drug-likeness (QED) is 0.849. The Morgan fingerprint density at radius 3 is 2.88 bits per heavy atom. The average molecular weight is 312 g/mol. The van der Waals surface area contributed by atoms with Gasteiger partial charge in [-0.05, 0) is 36.7 Å². The molecule has 6 heteroatoms. The van der Waals surface area contributed by atoms with Crippen LogP contribution in [0.15, 0.2) is 31.9 Å². The molecule has 0 fully saturated rings. The second-order valence-electron chi connectivity index (χ2n) is 3.00. The Morgan fingerprint density at radius 1 is 1.44 bits per heavy atom. The van der Waals surface area contributed by atoms with E-state index in [0.29, 0.717) is 5.56 Å². The Bertz CT molecular complexity index is 559. The number of hydrogen-bond donors (Lipinski definition) is 0. The lowest BCUT2D eigenvalue weighted by Gasteiger charge is -1.99. The van der Waals surface area contributed by atoms with Crippen molar-refractivity contribution in [1.82, 2.24) is 9.36 Å². The zero-order valence-corrected chi connectivity index (χ0v) is 11.5. The Labute approximate surface area is 110 Å². The van der Waals surface area contributed by atoms with E-state index in [0.717, 1.165) is 19.5 Å². The van der Waals surface area contributed by atoms with Gasteiger partial charge >= 0.3 is 0 Å². The molecule has 0 N–H and O–H groups in total. The molecule has 0 amide bonds. The van der Waals surface area contributed by atoms with Crippen LogP contribution in [0.1, 0.15) is 11.4 Å². The molecule has 0 radical (unpaired) electrons. The van der Waals surface area contributed by atoms with Gasteiger partial charge in [0.05, 0.1) is 11.6 Å². The SMILES string of the molecule is Cc1nsc(Sc2cc(Br)cc(C#N)c2)n1. The van der Waals surface area contributed by atoms with E-state index in [1.807, 2.05) is 19.1 Å². The fraction of sp³-hybridized carbons (Fsp3) is 0.100. The van der Waals surface area contributed by atoms with Crippen LogP contribution in [0.5, 0.6) is 0 Å². The van der Waals surface area contributed by atoms with Gasteiger partial charge in [0.2, 0.25) is 0 Å². The molecule has 0 bridgehead atoms. The fourth-order valence-electron chi connectivity index (χ4n) is 1.11. The van der Waals surface area contributed by atoms with Crippen molar-refractivity contribution in [2.45, 2.75) is 16.2 Å². The second kappa shape index (κ2) is 4.95. The minimum absolute atomic E-state index is 0.637. The molecule has 0 atom stereocenters. The van der Waals surface area contributed by atoms with E-state index in [1.54, 1.807) is 6.07 Å². The topological polar surface area (TPSA) is 49.6 Å². The van der Waals surface area contributed by atoms with Gasteiger partial charge < -0.3 is 0 Å². The molecule has 2 rings (SSSR count). The van der Waals surface area contributed by atoms with Crippen molar-refractivity contribution in [3.05, 3.63) is 34.1 Å². The third-order valence-corrected chi connectivity index (χ3v) is 3.99. The number of hydrogen-bond acceptors (Lipinski definition) is 5. The van der Waals surface area contributed by atoms with Crippen molar-refractivity contribution in [2.75, 3.05) is 0 Å². The normalized spacial score (nSPS) is 10.1. The van der Waals surface area contributed by atoms with Gasteiger partial charge in [-0.25, -0.2) is 4.98 Å². The molecule has 0 unspecified atom stereocenters. The van der Waals surface area contributed by atoms with Crippen LogP contribution in [-0.2, 0) is 0 Å². The minimum Gasteiger partial charge on any atom is -0.213 e. The Hall–Kier alpha value is -0.900. The summed E-state index contributed by atoms with van der Waals surface area (Å²) in [5, 5.41) is 8.85. The molecule has 16 heavy (non-hydrogen) atoms.